The predicted octanol–water partition coefficient (Wildman–Crippen LogP) is 3.97. The van der Waals surface area contributed by atoms with Gasteiger partial charge in [0.15, 0.2) is 0 Å². The third kappa shape index (κ3) is 2.90. The molecule has 21 heavy (non-hydrogen) atoms. The van der Waals surface area contributed by atoms with Crippen molar-refractivity contribution in [1.82, 2.24) is 9.55 Å². The van der Waals surface area contributed by atoms with Crippen LogP contribution in [0.25, 0.3) is 11.4 Å². The fraction of sp³-hybridized carbons (Fsp3) is 0.0625. The van der Waals surface area contributed by atoms with Crippen LogP contribution in [0, 0.1) is 5.82 Å². The molecule has 0 radical (unpaired) electrons. The van der Waals surface area contributed by atoms with Crippen molar-refractivity contribution < 1.29 is 4.39 Å². The number of anilines is 1. The molecule has 0 saturated heterocycles. The molecule has 0 aliphatic carbocycles. The zero-order valence-electron chi connectivity index (χ0n) is 11.1. The molecule has 0 bridgehead atoms. The van der Waals surface area contributed by atoms with Gasteiger partial charge < -0.3 is 10.3 Å². The quantitative estimate of drug-likeness (QED) is 0.744. The van der Waals surface area contributed by atoms with Crippen LogP contribution < -0.4 is 5.73 Å². The Hall–Kier alpha value is -2.33. The van der Waals surface area contributed by atoms with E-state index in [9.17, 15) is 4.39 Å². The van der Waals surface area contributed by atoms with Crippen molar-refractivity contribution in [1.29, 1.82) is 0 Å². The number of aromatic nitrogens is 2. The highest BCUT2D eigenvalue weighted by molar-refractivity contribution is 6.31. The highest BCUT2D eigenvalue weighted by Gasteiger charge is 2.09. The SMILES string of the molecule is Nc1cccc(-c2nccn2Cc2ccc(F)cc2Cl)c1. The summed E-state index contributed by atoms with van der Waals surface area (Å²) in [6, 6.07) is 11.9. The monoisotopic (exact) mass is 301 g/mol. The van der Waals surface area contributed by atoms with Gasteiger partial charge in [0.1, 0.15) is 11.6 Å². The summed E-state index contributed by atoms with van der Waals surface area (Å²) < 4.78 is 15.0. The Labute approximate surface area is 126 Å². The molecule has 0 aliphatic rings. The maximum atomic E-state index is 13.1. The van der Waals surface area contributed by atoms with Crippen molar-refractivity contribution >= 4 is 17.3 Å². The van der Waals surface area contributed by atoms with Gasteiger partial charge in [-0.1, -0.05) is 29.8 Å². The van der Waals surface area contributed by atoms with E-state index in [0.29, 0.717) is 17.3 Å². The Morgan fingerprint density at radius 3 is 2.81 bits per heavy atom. The molecule has 0 unspecified atom stereocenters. The summed E-state index contributed by atoms with van der Waals surface area (Å²) in [5, 5.41) is 0.405. The summed E-state index contributed by atoms with van der Waals surface area (Å²) in [5.74, 6) is 0.452. The zero-order valence-corrected chi connectivity index (χ0v) is 11.9. The number of hydrogen-bond donors (Lipinski definition) is 1. The minimum atomic E-state index is -0.342. The van der Waals surface area contributed by atoms with Gasteiger partial charge in [0, 0.05) is 28.7 Å². The number of rotatable bonds is 3. The Morgan fingerprint density at radius 2 is 2.05 bits per heavy atom. The molecule has 2 N–H and O–H groups in total. The summed E-state index contributed by atoms with van der Waals surface area (Å²) in [5.41, 5.74) is 8.25. The molecule has 1 heterocycles. The van der Waals surface area contributed by atoms with Crippen molar-refractivity contribution in [2.24, 2.45) is 0 Å². The van der Waals surface area contributed by atoms with Gasteiger partial charge in [-0.25, -0.2) is 9.37 Å². The molecule has 106 valence electrons. The second kappa shape index (κ2) is 5.58. The number of imidazole rings is 1. The van der Waals surface area contributed by atoms with Crippen LogP contribution in [0.15, 0.2) is 54.9 Å². The third-order valence-electron chi connectivity index (χ3n) is 3.22. The minimum Gasteiger partial charge on any atom is -0.399 e. The smallest absolute Gasteiger partial charge is 0.140 e. The highest BCUT2D eigenvalue weighted by atomic mass is 35.5. The van der Waals surface area contributed by atoms with E-state index in [4.69, 9.17) is 17.3 Å². The summed E-state index contributed by atoms with van der Waals surface area (Å²) >= 11 is 6.08. The number of benzene rings is 2. The van der Waals surface area contributed by atoms with Crippen LogP contribution in [0.4, 0.5) is 10.1 Å². The van der Waals surface area contributed by atoms with Gasteiger partial charge in [-0.3, -0.25) is 0 Å². The largest absolute Gasteiger partial charge is 0.399 e. The highest BCUT2D eigenvalue weighted by Crippen LogP contribution is 2.23. The van der Waals surface area contributed by atoms with Crippen molar-refractivity contribution in [3.05, 3.63) is 71.3 Å². The van der Waals surface area contributed by atoms with E-state index in [0.717, 1.165) is 17.0 Å². The van der Waals surface area contributed by atoms with Crippen LogP contribution in [0.2, 0.25) is 5.02 Å². The first-order valence-electron chi connectivity index (χ1n) is 6.44. The van der Waals surface area contributed by atoms with Gasteiger partial charge in [-0.2, -0.15) is 0 Å². The molecular weight excluding hydrogens is 289 g/mol. The maximum absolute atomic E-state index is 13.1. The van der Waals surface area contributed by atoms with Gasteiger partial charge in [0.05, 0.1) is 6.54 Å². The molecular formula is C16H13ClFN3. The minimum absolute atomic E-state index is 0.342. The fourth-order valence-corrected chi connectivity index (χ4v) is 2.44. The van der Waals surface area contributed by atoms with E-state index in [1.807, 2.05) is 35.0 Å². The predicted molar refractivity (Wildman–Crippen MR) is 82.6 cm³/mol. The topological polar surface area (TPSA) is 43.8 Å². The molecule has 2 aromatic carbocycles. The first-order chi connectivity index (χ1) is 10.1. The van der Waals surface area contributed by atoms with E-state index in [1.165, 1.54) is 12.1 Å². The fourth-order valence-electron chi connectivity index (χ4n) is 2.21. The number of nitrogens with two attached hydrogens (primary N) is 1. The standard InChI is InChI=1S/C16H13ClFN3/c17-15-9-13(18)5-4-12(15)10-21-7-6-20-16(21)11-2-1-3-14(19)8-11/h1-9H,10,19H2. The molecule has 5 heteroatoms. The lowest BCUT2D eigenvalue weighted by molar-refractivity contribution is 0.626. The second-order valence-corrected chi connectivity index (χ2v) is 5.15. The van der Waals surface area contributed by atoms with Crippen LogP contribution in [0.3, 0.4) is 0 Å². The molecule has 0 saturated carbocycles. The van der Waals surface area contributed by atoms with Crippen molar-refractivity contribution in [3.8, 4) is 11.4 Å². The number of hydrogen-bond acceptors (Lipinski definition) is 2. The van der Waals surface area contributed by atoms with E-state index >= 15 is 0 Å². The lowest BCUT2D eigenvalue weighted by Crippen LogP contribution is -2.02. The molecule has 0 spiro atoms. The summed E-state index contributed by atoms with van der Waals surface area (Å²) in [4.78, 5) is 4.36. The average Bonchev–Trinajstić information content (AvgIpc) is 2.90. The Balaban J connectivity index is 1.96. The van der Waals surface area contributed by atoms with Crippen LogP contribution in [-0.2, 0) is 6.54 Å². The van der Waals surface area contributed by atoms with Crippen molar-refractivity contribution in [3.63, 3.8) is 0 Å². The Bertz CT molecular complexity index is 783. The Kier molecular flexibility index (Phi) is 3.62. The van der Waals surface area contributed by atoms with Crippen LogP contribution in [0.5, 0.6) is 0 Å². The van der Waals surface area contributed by atoms with Gasteiger partial charge >= 0.3 is 0 Å². The molecule has 0 aliphatic heterocycles. The van der Waals surface area contributed by atoms with Crippen LogP contribution >= 0.6 is 11.6 Å². The molecule has 3 nitrogen and oxygen atoms in total. The maximum Gasteiger partial charge on any atom is 0.140 e. The van der Waals surface area contributed by atoms with Gasteiger partial charge in [0.25, 0.3) is 0 Å². The third-order valence-corrected chi connectivity index (χ3v) is 3.57. The molecule has 0 fully saturated rings. The molecule has 3 aromatic rings. The van der Waals surface area contributed by atoms with Crippen molar-refractivity contribution in [2.75, 3.05) is 5.73 Å². The van der Waals surface area contributed by atoms with Crippen LogP contribution in [-0.4, -0.2) is 9.55 Å². The molecule has 0 amide bonds. The number of nitrogen functional groups attached to an aromatic ring is 1. The van der Waals surface area contributed by atoms with Gasteiger partial charge in [0.2, 0.25) is 0 Å². The van der Waals surface area contributed by atoms with Gasteiger partial charge in [-0.05, 0) is 29.8 Å². The van der Waals surface area contributed by atoms with E-state index in [1.54, 1.807) is 12.3 Å². The number of halogens is 2. The molecule has 3 rings (SSSR count). The normalized spacial score (nSPS) is 10.8. The molecule has 0 atom stereocenters. The zero-order chi connectivity index (χ0) is 14.8. The molecule has 1 aromatic heterocycles. The lowest BCUT2D eigenvalue weighted by atomic mass is 10.1. The number of nitrogens with zero attached hydrogens (tertiary/aromatic N) is 2. The summed E-state index contributed by atoms with van der Waals surface area (Å²) in [6.45, 7) is 0.517. The first kappa shape index (κ1) is 13.6. The second-order valence-electron chi connectivity index (χ2n) is 4.74. The van der Waals surface area contributed by atoms with E-state index < -0.39 is 0 Å². The van der Waals surface area contributed by atoms with Crippen LogP contribution in [0.1, 0.15) is 5.56 Å². The summed E-state index contributed by atoms with van der Waals surface area (Å²) in [7, 11) is 0. The lowest BCUT2D eigenvalue weighted by Gasteiger charge is -2.10. The summed E-state index contributed by atoms with van der Waals surface area (Å²) in [6.07, 6.45) is 3.58. The van der Waals surface area contributed by atoms with Gasteiger partial charge in [-0.15, -0.1) is 0 Å². The van der Waals surface area contributed by atoms with Crippen molar-refractivity contribution in [2.45, 2.75) is 6.54 Å². The average molecular weight is 302 g/mol. The van der Waals surface area contributed by atoms with E-state index in [2.05, 4.69) is 4.98 Å². The van der Waals surface area contributed by atoms with E-state index in [-0.39, 0.29) is 5.82 Å². The first-order valence-corrected chi connectivity index (χ1v) is 6.82. The Morgan fingerprint density at radius 1 is 1.19 bits per heavy atom.